The Morgan fingerprint density at radius 2 is 2.15 bits per heavy atom. The lowest BCUT2D eigenvalue weighted by atomic mass is 10.2. The topological polar surface area (TPSA) is 55.0 Å². The van der Waals surface area contributed by atoms with Crippen LogP contribution in [-0.4, -0.2) is 22.6 Å². The van der Waals surface area contributed by atoms with Crippen molar-refractivity contribution in [2.75, 3.05) is 17.2 Å². The normalized spacial score (nSPS) is 22.2. The van der Waals surface area contributed by atoms with Gasteiger partial charge in [-0.25, -0.2) is 9.97 Å². The fourth-order valence-corrected chi connectivity index (χ4v) is 1.71. The molecule has 0 amide bonds. The van der Waals surface area contributed by atoms with Crippen LogP contribution in [0.25, 0.3) is 0 Å². The Labute approximate surface area is 77.8 Å². The van der Waals surface area contributed by atoms with Gasteiger partial charge in [0, 0.05) is 12.6 Å². The molecule has 1 fully saturated rings. The predicted octanol–water partition coefficient (Wildman–Crippen LogP) is 1.05. The first-order chi connectivity index (χ1) is 6.27. The Morgan fingerprint density at radius 1 is 1.46 bits per heavy atom. The number of hydrogen-bond donors (Lipinski definition) is 1. The number of nitrogens with two attached hydrogens (primary N) is 1. The van der Waals surface area contributed by atoms with Crippen LogP contribution in [0.3, 0.4) is 0 Å². The maximum atomic E-state index is 5.52. The lowest BCUT2D eigenvalue weighted by Crippen LogP contribution is -2.28. The molecule has 1 atom stereocenters. The maximum absolute atomic E-state index is 5.52. The summed E-state index contributed by atoms with van der Waals surface area (Å²) in [5.41, 5.74) is 6.14. The summed E-state index contributed by atoms with van der Waals surface area (Å²) >= 11 is 0. The minimum Gasteiger partial charge on any atom is -0.396 e. The van der Waals surface area contributed by atoms with Crippen LogP contribution < -0.4 is 10.6 Å². The summed E-state index contributed by atoms with van der Waals surface area (Å²) in [7, 11) is 0. The molecule has 0 aromatic carbocycles. The molecule has 2 rings (SSSR count). The first-order valence-corrected chi connectivity index (χ1v) is 4.61. The average molecular weight is 178 g/mol. The first-order valence-electron chi connectivity index (χ1n) is 4.61. The van der Waals surface area contributed by atoms with Gasteiger partial charge >= 0.3 is 0 Å². The predicted molar refractivity (Wildman–Crippen MR) is 52.5 cm³/mol. The molecule has 0 spiro atoms. The Kier molecular flexibility index (Phi) is 2.04. The van der Waals surface area contributed by atoms with Crippen molar-refractivity contribution >= 4 is 11.6 Å². The molecule has 4 nitrogen and oxygen atoms in total. The van der Waals surface area contributed by atoms with Gasteiger partial charge in [0.15, 0.2) is 0 Å². The van der Waals surface area contributed by atoms with Crippen LogP contribution in [0.15, 0.2) is 12.4 Å². The maximum Gasteiger partial charge on any atom is 0.225 e. The van der Waals surface area contributed by atoms with Crippen molar-refractivity contribution in [2.45, 2.75) is 25.8 Å². The van der Waals surface area contributed by atoms with Gasteiger partial charge in [-0.1, -0.05) is 0 Å². The highest BCUT2D eigenvalue weighted by atomic mass is 15.3. The Bertz CT molecular complexity index is 282. The van der Waals surface area contributed by atoms with Crippen LogP contribution in [0.2, 0.25) is 0 Å². The highest BCUT2D eigenvalue weighted by Crippen LogP contribution is 2.21. The van der Waals surface area contributed by atoms with Gasteiger partial charge in [-0.15, -0.1) is 0 Å². The minimum absolute atomic E-state index is 0.559. The average Bonchev–Trinajstić information content (AvgIpc) is 2.53. The van der Waals surface area contributed by atoms with Crippen LogP contribution in [0.5, 0.6) is 0 Å². The Hall–Kier alpha value is -1.32. The zero-order valence-corrected chi connectivity index (χ0v) is 7.77. The van der Waals surface area contributed by atoms with Crippen molar-refractivity contribution in [1.82, 2.24) is 9.97 Å². The summed E-state index contributed by atoms with van der Waals surface area (Å²) in [5.74, 6) is 0.805. The van der Waals surface area contributed by atoms with Crippen LogP contribution >= 0.6 is 0 Å². The molecule has 4 heteroatoms. The number of aromatic nitrogens is 2. The van der Waals surface area contributed by atoms with E-state index in [1.54, 1.807) is 12.4 Å². The molecule has 1 unspecified atom stereocenters. The summed E-state index contributed by atoms with van der Waals surface area (Å²) in [4.78, 5) is 10.6. The third-order valence-corrected chi connectivity index (χ3v) is 2.47. The quantitative estimate of drug-likeness (QED) is 0.698. The molecule has 70 valence electrons. The van der Waals surface area contributed by atoms with Crippen LogP contribution in [-0.2, 0) is 0 Å². The highest BCUT2D eigenvalue weighted by Gasteiger charge is 2.21. The second kappa shape index (κ2) is 3.20. The molecule has 0 radical (unpaired) electrons. The molecule has 2 heterocycles. The van der Waals surface area contributed by atoms with E-state index >= 15 is 0 Å². The molecular formula is C9H14N4. The van der Waals surface area contributed by atoms with Crippen LogP contribution in [0.1, 0.15) is 19.8 Å². The van der Waals surface area contributed by atoms with Crippen LogP contribution in [0.4, 0.5) is 11.6 Å². The Balaban J connectivity index is 2.20. The largest absolute Gasteiger partial charge is 0.396 e. The zero-order chi connectivity index (χ0) is 9.26. The molecule has 1 aromatic rings. The smallest absolute Gasteiger partial charge is 0.225 e. The van der Waals surface area contributed by atoms with E-state index in [2.05, 4.69) is 21.8 Å². The first kappa shape index (κ1) is 8.29. The standard InChI is InChI=1S/C9H14N4/c1-7-3-2-4-13(7)9-11-5-8(10)6-12-9/h5-7H,2-4,10H2,1H3. The molecular weight excluding hydrogens is 164 g/mol. The van der Waals surface area contributed by atoms with Crippen molar-refractivity contribution in [3.05, 3.63) is 12.4 Å². The summed E-state index contributed by atoms with van der Waals surface area (Å²) in [6.07, 6.45) is 5.78. The summed E-state index contributed by atoms with van der Waals surface area (Å²) in [6.45, 7) is 3.26. The monoisotopic (exact) mass is 178 g/mol. The van der Waals surface area contributed by atoms with Gasteiger partial charge in [-0.2, -0.15) is 0 Å². The van der Waals surface area contributed by atoms with Gasteiger partial charge in [0.25, 0.3) is 0 Å². The van der Waals surface area contributed by atoms with Gasteiger partial charge in [0.2, 0.25) is 5.95 Å². The second-order valence-electron chi connectivity index (χ2n) is 3.50. The fourth-order valence-electron chi connectivity index (χ4n) is 1.71. The summed E-state index contributed by atoms with van der Waals surface area (Å²) in [6, 6.07) is 0.559. The van der Waals surface area contributed by atoms with Crippen molar-refractivity contribution in [1.29, 1.82) is 0 Å². The van der Waals surface area contributed by atoms with Crippen molar-refractivity contribution in [3.8, 4) is 0 Å². The van der Waals surface area contributed by atoms with E-state index < -0.39 is 0 Å². The Morgan fingerprint density at radius 3 is 2.69 bits per heavy atom. The fraction of sp³-hybridized carbons (Fsp3) is 0.556. The summed E-state index contributed by atoms with van der Waals surface area (Å²) in [5, 5.41) is 0. The van der Waals surface area contributed by atoms with Gasteiger partial charge < -0.3 is 10.6 Å². The number of rotatable bonds is 1. The molecule has 1 saturated heterocycles. The van der Waals surface area contributed by atoms with Crippen molar-refractivity contribution < 1.29 is 0 Å². The number of nitrogens with zero attached hydrogens (tertiary/aromatic N) is 3. The van der Waals surface area contributed by atoms with Crippen molar-refractivity contribution in [2.24, 2.45) is 0 Å². The van der Waals surface area contributed by atoms with Gasteiger partial charge in [0.05, 0.1) is 18.1 Å². The summed E-state index contributed by atoms with van der Waals surface area (Å²) < 4.78 is 0. The third-order valence-electron chi connectivity index (χ3n) is 2.47. The highest BCUT2D eigenvalue weighted by molar-refractivity contribution is 5.39. The lowest BCUT2D eigenvalue weighted by molar-refractivity contribution is 0.717. The lowest BCUT2D eigenvalue weighted by Gasteiger charge is -2.20. The van der Waals surface area contributed by atoms with Gasteiger partial charge in [-0.3, -0.25) is 0 Å². The van der Waals surface area contributed by atoms with E-state index in [-0.39, 0.29) is 0 Å². The molecule has 0 aliphatic carbocycles. The molecule has 0 saturated carbocycles. The number of hydrogen-bond acceptors (Lipinski definition) is 4. The van der Waals surface area contributed by atoms with E-state index in [0.717, 1.165) is 12.5 Å². The van der Waals surface area contributed by atoms with E-state index in [0.29, 0.717) is 11.7 Å². The molecule has 2 N–H and O–H groups in total. The second-order valence-corrected chi connectivity index (χ2v) is 3.50. The van der Waals surface area contributed by atoms with E-state index in [9.17, 15) is 0 Å². The zero-order valence-electron chi connectivity index (χ0n) is 7.77. The molecule has 0 bridgehead atoms. The van der Waals surface area contributed by atoms with E-state index in [1.807, 2.05) is 0 Å². The SMILES string of the molecule is CC1CCCN1c1ncc(N)cn1. The van der Waals surface area contributed by atoms with E-state index in [4.69, 9.17) is 5.73 Å². The minimum atomic E-state index is 0.559. The van der Waals surface area contributed by atoms with Crippen LogP contribution in [0, 0.1) is 0 Å². The van der Waals surface area contributed by atoms with Gasteiger partial charge in [-0.05, 0) is 19.8 Å². The van der Waals surface area contributed by atoms with Gasteiger partial charge in [0.1, 0.15) is 0 Å². The third kappa shape index (κ3) is 1.56. The molecule has 1 aliphatic rings. The number of nitrogen functional groups attached to an aromatic ring is 1. The molecule has 1 aromatic heterocycles. The molecule has 13 heavy (non-hydrogen) atoms. The van der Waals surface area contributed by atoms with E-state index in [1.165, 1.54) is 12.8 Å². The van der Waals surface area contributed by atoms with Crippen molar-refractivity contribution in [3.63, 3.8) is 0 Å². The molecule has 1 aliphatic heterocycles. The number of anilines is 2.